The number of aromatic nitrogens is 1. The van der Waals surface area contributed by atoms with E-state index in [9.17, 15) is 9.59 Å². The first kappa shape index (κ1) is 25.8. The monoisotopic (exact) mass is 521 g/mol. The summed E-state index contributed by atoms with van der Waals surface area (Å²) >= 11 is 13.6. The SMILES string of the molecule is CCCN(CC)C(=O)c1csc(N(C(=O)c2ccc(Cl)cc2Cl)c2ccc(OC)c(OC)c2)n1. The van der Waals surface area contributed by atoms with Crippen LogP contribution in [0.15, 0.2) is 41.8 Å². The van der Waals surface area contributed by atoms with Gasteiger partial charge in [0.15, 0.2) is 16.6 Å². The lowest BCUT2D eigenvalue weighted by Gasteiger charge is -2.22. The van der Waals surface area contributed by atoms with Crippen LogP contribution in [0.25, 0.3) is 0 Å². The predicted molar refractivity (Wildman–Crippen MR) is 136 cm³/mol. The van der Waals surface area contributed by atoms with E-state index < -0.39 is 5.91 Å². The normalized spacial score (nSPS) is 10.6. The molecule has 1 aromatic heterocycles. The van der Waals surface area contributed by atoms with Crippen LogP contribution in [0.1, 0.15) is 41.1 Å². The van der Waals surface area contributed by atoms with Gasteiger partial charge in [0, 0.05) is 29.6 Å². The van der Waals surface area contributed by atoms with Gasteiger partial charge in [0.1, 0.15) is 5.69 Å². The Morgan fingerprint density at radius 1 is 1.00 bits per heavy atom. The second-order valence-electron chi connectivity index (χ2n) is 7.20. The van der Waals surface area contributed by atoms with Gasteiger partial charge in [0.05, 0.1) is 30.5 Å². The third-order valence-electron chi connectivity index (χ3n) is 5.05. The van der Waals surface area contributed by atoms with E-state index in [0.717, 1.165) is 6.42 Å². The smallest absolute Gasteiger partial charge is 0.273 e. The van der Waals surface area contributed by atoms with Crippen molar-refractivity contribution in [3.63, 3.8) is 0 Å². The van der Waals surface area contributed by atoms with Crippen LogP contribution in [0, 0.1) is 0 Å². The second-order valence-corrected chi connectivity index (χ2v) is 8.88. The van der Waals surface area contributed by atoms with Crippen molar-refractivity contribution in [2.45, 2.75) is 20.3 Å². The molecule has 0 bridgehead atoms. The molecule has 0 aliphatic carbocycles. The first-order valence-electron chi connectivity index (χ1n) is 10.6. The number of hydrogen-bond acceptors (Lipinski definition) is 6. The Balaban J connectivity index is 2.10. The largest absolute Gasteiger partial charge is 0.493 e. The molecular formula is C24H25Cl2N3O4S. The standard InChI is InChI=1S/C24H25Cl2N3O4S/c1-5-11-28(6-2)23(31)19-14-34-24(27-19)29(16-8-10-20(32-3)21(13-16)33-4)22(30)17-9-7-15(25)12-18(17)26/h7-10,12-14H,5-6,11H2,1-4H3. The molecule has 10 heteroatoms. The van der Waals surface area contributed by atoms with Crippen LogP contribution in [0.3, 0.4) is 0 Å². The van der Waals surface area contributed by atoms with Crippen molar-refractivity contribution in [3.8, 4) is 11.5 Å². The molecule has 0 aliphatic rings. The molecule has 0 aliphatic heterocycles. The van der Waals surface area contributed by atoms with Crippen molar-refractivity contribution < 1.29 is 19.1 Å². The van der Waals surface area contributed by atoms with Crippen molar-refractivity contribution in [1.29, 1.82) is 0 Å². The fourth-order valence-corrected chi connectivity index (χ4v) is 4.67. The molecule has 2 aromatic carbocycles. The van der Waals surface area contributed by atoms with E-state index in [1.54, 1.807) is 40.6 Å². The number of nitrogens with zero attached hydrogens (tertiary/aromatic N) is 3. The fraction of sp³-hybridized carbons (Fsp3) is 0.292. The number of methoxy groups -OCH3 is 2. The van der Waals surface area contributed by atoms with Crippen molar-refractivity contribution in [1.82, 2.24) is 9.88 Å². The van der Waals surface area contributed by atoms with Crippen molar-refractivity contribution >= 4 is 57.2 Å². The summed E-state index contributed by atoms with van der Waals surface area (Å²) in [6.45, 7) is 5.12. The minimum absolute atomic E-state index is 0.184. The highest BCUT2D eigenvalue weighted by molar-refractivity contribution is 7.14. The first-order chi connectivity index (χ1) is 16.3. The molecule has 34 heavy (non-hydrogen) atoms. The maximum absolute atomic E-state index is 13.7. The van der Waals surface area contributed by atoms with Gasteiger partial charge in [-0.2, -0.15) is 0 Å². The van der Waals surface area contributed by atoms with Crippen LogP contribution in [-0.2, 0) is 0 Å². The third kappa shape index (κ3) is 5.46. The lowest BCUT2D eigenvalue weighted by atomic mass is 10.1. The minimum atomic E-state index is -0.428. The Labute approximate surface area is 212 Å². The molecule has 3 rings (SSSR count). The number of thiazole rings is 1. The predicted octanol–water partition coefficient (Wildman–Crippen LogP) is 6.32. The molecule has 0 radical (unpaired) electrons. The number of carbonyl (C=O) groups excluding carboxylic acids is 2. The average molecular weight is 522 g/mol. The molecule has 0 fully saturated rings. The second kappa shape index (κ2) is 11.6. The van der Waals surface area contributed by atoms with Crippen LogP contribution in [0.4, 0.5) is 10.8 Å². The molecule has 0 saturated heterocycles. The summed E-state index contributed by atoms with van der Waals surface area (Å²) < 4.78 is 10.7. The Bertz CT molecular complexity index is 1180. The Hall–Kier alpha value is -2.81. The summed E-state index contributed by atoms with van der Waals surface area (Å²) in [5.74, 6) is 0.337. The summed E-state index contributed by atoms with van der Waals surface area (Å²) in [4.78, 5) is 34.3. The molecule has 3 aromatic rings. The van der Waals surface area contributed by atoms with E-state index in [2.05, 4.69) is 4.98 Å². The Morgan fingerprint density at radius 3 is 2.35 bits per heavy atom. The van der Waals surface area contributed by atoms with Gasteiger partial charge < -0.3 is 14.4 Å². The summed E-state index contributed by atoms with van der Waals surface area (Å²) in [6.07, 6.45) is 0.835. The minimum Gasteiger partial charge on any atom is -0.493 e. The third-order valence-corrected chi connectivity index (χ3v) is 6.43. The molecular weight excluding hydrogens is 497 g/mol. The van der Waals surface area contributed by atoms with Gasteiger partial charge in [-0.05, 0) is 43.7 Å². The zero-order valence-electron chi connectivity index (χ0n) is 19.3. The zero-order valence-corrected chi connectivity index (χ0v) is 21.6. The molecule has 0 atom stereocenters. The molecule has 0 N–H and O–H groups in total. The van der Waals surface area contributed by atoms with Crippen LogP contribution >= 0.6 is 34.5 Å². The number of amides is 2. The van der Waals surface area contributed by atoms with Gasteiger partial charge in [-0.15, -0.1) is 11.3 Å². The molecule has 2 amide bonds. The number of ether oxygens (including phenoxy) is 2. The molecule has 180 valence electrons. The van der Waals surface area contributed by atoms with Crippen molar-refractivity contribution in [3.05, 3.63) is 63.1 Å². The number of hydrogen-bond donors (Lipinski definition) is 0. The van der Waals surface area contributed by atoms with Gasteiger partial charge in [-0.1, -0.05) is 30.1 Å². The maximum atomic E-state index is 13.7. The summed E-state index contributed by atoms with van der Waals surface area (Å²) in [5, 5.41) is 2.59. The average Bonchev–Trinajstić information content (AvgIpc) is 3.31. The highest BCUT2D eigenvalue weighted by atomic mass is 35.5. The van der Waals surface area contributed by atoms with E-state index in [1.807, 2.05) is 13.8 Å². The first-order valence-corrected chi connectivity index (χ1v) is 12.2. The number of benzene rings is 2. The van der Waals surface area contributed by atoms with Crippen LogP contribution in [0.5, 0.6) is 11.5 Å². The van der Waals surface area contributed by atoms with E-state index in [0.29, 0.717) is 40.4 Å². The fourth-order valence-electron chi connectivity index (χ4n) is 3.36. The molecule has 0 spiro atoms. The molecule has 7 nitrogen and oxygen atoms in total. The summed E-state index contributed by atoms with van der Waals surface area (Å²) in [7, 11) is 3.04. The topological polar surface area (TPSA) is 72.0 Å². The zero-order chi connectivity index (χ0) is 24.8. The number of carbonyl (C=O) groups is 2. The number of rotatable bonds is 9. The number of halogens is 2. The van der Waals surface area contributed by atoms with Gasteiger partial charge in [-0.3, -0.25) is 14.5 Å². The Kier molecular flexibility index (Phi) is 8.77. The maximum Gasteiger partial charge on any atom is 0.273 e. The molecule has 0 saturated carbocycles. The van der Waals surface area contributed by atoms with E-state index in [-0.39, 0.29) is 22.2 Å². The summed E-state index contributed by atoms with van der Waals surface area (Å²) in [5.41, 5.74) is 0.990. The lowest BCUT2D eigenvalue weighted by Crippen LogP contribution is -2.32. The van der Waals surface area contributed by atoms with E-state index in [4.69, 9.17) is 32.7 Å². The summed E-state index contributed by atoms with van der Waals surface area (Å²) in [6, 6.07) is 9.72. The van der Waals surface area contributed by atoms with Gasteiger partial charge >= 0.3 is 0 Å². The number of anilines is 2. The van der Waals surface area contributed by atoms with Gasteiger partial charge in [0.25, 0.3) is 11.8 Å². The Morgan fingerprint density at radius 2 is 1.74 bits per heavy atom. The lowest BCUT2D eigenvalue weighted by molar-refractivity contribution is 0.0759. The van der Waals surface area contributed by atoms with Crippen molar-refractivity contribution in [2.75, 3.05) is 32.2 Å². The van der Waals surface area contributed by atoms with Gasteiger partial charge in [0.2, 0.25) is 0 Å². The van der Waals surface area contributed by atoms with Gasteiger partial charge in [-0.25, -0.2) is 4.98 Å². The highest BCUT2D eigenvalue weighted by Gasteiger charge is 2.27. The quantitative estimate of drug-likeness (QED) is 0.329. The van der Waals surface area contributed by atoms with E-state index in [1.165, 1.54) is 36.5 Å². The molecule has 0 unspecified atom stereocenters. The van der Waals surface area contributed by atoms with Crippen LogP contribution in [0.2, 0.25) is 10.0 Å². The van der Waals surface area contributed by atoms with E-state index >= 15 is 0 Å². The van der Waals surface area contributed by atoms with Crippen LogP contribution in [-0.4, -0.2) is 49.0 Å². The van der Waals surface area contributed by atoms with Crippen LogP contribution < -0.4 is 14.4 Å². The molecule has 1 heterocycles. The van der Waals surface area contributed by atoms with Crippen molar-refractivity contribution in [2.24, 2.45) is 0 Å². The highest BCUT2D eigenvalue weighted by Crippen LogP contribution is 2.37.